The van der Waals surface area contributed by atoms with Crippen LogP contribution in [0, 0.1) is 6.92 Å². The lowest BCUT2D eigenvalue weighted by molar-refractivity contribution is -0.133. The first-order chi connectivity index (χ1) is 15.9. The molecule has 1 fully saturated rings. The molecule has 174 valence electrons. The van der Waals surface area contributed by atoms with Gasteiger partial charge in [-0.1, -0.05) is 30.7 Å². The van der Waals surface area contributed by atoms with Crippen LogP contribution in [0.15, 0.2) is 61.2 Å². The zero-order valence-electron chi connectivity index (χ0n) is 19.4. The van der Waals surface area contributed by atoms with Crippen LogP contribution in [0.3, 0.4) is 0 Å². The van der Waals surface area contributed by atoms with Gasteiger partial charge >= 0.3 is 0 Å². The van der Waals surface area contributed by atoms with E-state index in [-0.39, 0.29) is 24.3 Å². The van der Waals surface area contributed by atoms with Gasteiger partial charge in [-0.05, 0) is 43.3 Å². The average Bonchev–Trinajstić information content (AvgIpc) is 2.84. The van der Waals surface area contributed by atoms with Gasteiger partial charge in [0.15, 0.2) is 0 Å². The highest BCUT2D eigenvalue weighted by Crippen LogP contribution is 2.20. The minimum atomic E-state index is -0.241. The Labute approximate surface area is 195 Å². The maximum atomic E-state index is 12.7. The van der Waals surface area contributed by atoms with Crippen molar-refractivity contribution in [3.8, 4) is 0 Å². The van der Waals surface area contributed by atoms with Crippen LogP contribution in [-0.2, 0) is 9.59 Å². The van der Waals surface area contributed by atoms with Crippen molar-refractivity contribution in [2.75, 3.05) is 49.5 Å². The summed E-state index contributed by atoms with van der Waals surface area (Å²) in [6.45, 7) is 10.6. The van der Waals surface area contributed by atoms with Gasteiger partial charge < -0.3 is 20.0 Å². The second-order valence-electron chi connectivity index (χ2n) is 8.16. The zero-order valence-corrected chi connectivity index (χ0v) is 19.4. The van der Waals surface area contributed by atoms with E-state index >= 15 is 0 Å². The quantitative estimate of drug-likeness (QED) is 0.629. The summed E-state index contributed by atoms with van der Waals surface area (Å²) in [5.74, 6) is -0.255. The fourth-order valence-electron chi connectivity index (χ4n) is 3.81. The van der Waals surface area contributed by atoms with Gasteiger partial charge in [0.05, 0.1) is 0 Å². The first-order valence-corrected chi connectivity index (χ1v) is 11.3. The van der Waals surface area contributed by atoms with Gasteiger partial charge in [0.2, 0.25) is 11.8 Å². The number of benzene rings is 2. The van der Waals surface area contributed by atoms with Crippen LogP contribution >= 0.6 is 0 Å². The second kappa shape index (κ2) is 11.3. The molecule has 0 atom stereocenters. The van der Waals surface area contributed by atoms with Gasteiger partial charge in [-0.15, -0.1) is 6.58 Å². The van der Waals surface area contributed by atoms with E-state index in [1.807, 2.05) is 60.4 Å². The number of aryl methyl sites for hydroxylation is 1. The third kappa shape index (κ3) is 6.44. The second-order valence-corrected chi connectivity index (χ2v) is 8.16. The number of hydrogen-bond donors (Lipinski definition) is 1. The van der Waals surface area contributed by atoms with E-state index < -0.39 is 0 Å². The van der Waals surface area contributed by atoms with Crippen LogP contribution in [0.2, 0.25) is 0 Å². The normalized spacial score (nSPS) is 13.4. The smallest absolute Gasteiger partial charge is 0.253 e. The highest BCUT2D eigenvalue weighted by atomic mass is 16.2. The molecule has 3 amide bonds. The van der Waals surface area contributed by atoms with E-state index in [4.69, 9.17) is 0 Å². The number of carbonyl (C=O) groups excluding carboxylic acids is 3. The van der Waals surface area contributed by atoms with E-state index in [9.17, 15) is 14.4 Å². The Morgan fingerprint density at radius 1 is 1.00 bits per heavy atom. The number of amides is 3. The Hall–Kier alpha value is -3.61. The molecule has 7 heteroatoms. The predicted octanol–water partition coefficient (Wildman–Crippen LogP) is 3.32. The van der Waals surface area contributed by atoms with Crippen molar-refractivity contribution < 1.29 is 14.4 Å². The number of nitrogens with zero attached hydrogens (tertiary/aromatic N) is 3. The van der Waals surface area contributed by atoms with Crippen molar-refractivity contribution in [2.45, 2.75) is 20.3 Å². The molecule has 1 saturated heterocycles. The summed E-state index contributed by atoms with van der Waals surface area (Å²) in [7, 11) is 0. The molecule has 0 saturated carbocycles. The molecule has 1 aliphatic heterocycles. The zero-order chi connectivity index (χ0) is 23.8. The van der Waals surface area contributed by atoms with Crippen LogP contribution in [-0.4, -0.2) is 66.8 Å². The molecule has 0 aromatic heterocycles. The molecule has 3 rings (SSSR count). The number of hydrogen-bond acceptors (Lipinski definition) is 4. The van der Waals surface area contributed by atoms with Crippen LogP contribution in [0.25, 0.3) is 0 Å². The Morgan fingerprint density at radius 3 is 2.21 bits per heavy atom. The van der Waals surface area contributed by atoms with Crippen molar-refractivity contribution in [1.82, 2.24) is 9.80 Å². The SMILES string of the molecule is C=CCN(CC(=O)Nc1ccc(N2CCN(C(=O)c3ccc(C)cc3)CC2)cc1)C(=O)CC. The minimum Gasteiger partial charge on any atom is -0.368 e. The average molecular weight is 449 g/mol. The van der Waals surface area contributed by atoms with Gasteiger partial charge in [0, 0.05) is 56.1 Å². The molecule has 1 heterocycles. The number of anilines is 2. The summed E-state index contributed by atoms with van der Waals surface area (Å²) >= 11 is 0. The van der Waals surface area contributed by atoms with E-state index in [0.29, 0.717) is 31.7 Å². The molecule has 2 aromatic rings. The van der Waals surface area contributed by atoms with Gasteiger partial charge in [-0.2, -0.15) is 0 Å². The number of piperazine rings is 1. The lowest BCUT2D eigenvalue weighted by atomic mass is 10.1. The third-order valence-corrected chi connectivity index (χ3v) is 5.72. The lowest BCUT2D eigenvalue weighted by Crippen LogP contribution is -2.48. The molecular formula is C26H32N4O3. The Balaban J connectivity index is 1.51. The first kappa shape index (κ1) is 24.0. The van der Waals surface area contributed by atoms with Crippen molar-refractivity contribution in [2.24, 2.45) is 0 Å². The molecular weight excluding hydrogens is 416 g/mol. The molecule has 0 aliphatic carbocycles. The highest BCUT2D eigenvalue weighted by molar-refractivity contribution is 5.95. The lowest BCUT2D eigenvalue weighted by Gasteiger charge is -2.36. The minimum absolute atomic E-state index is 0.00256. The fourth-order valence-corrected chi connectivity index (χ4v) is 3.81. The highest BCUT2D eigenvalue weighted by Gasteiger charge is 2.22. The maximum absolute atomic E-state index is 12.7. The topological polar surface area (TPSA) is 73.0 Å². The van der Waals surface area contributed by atoms with E-state index in [0.717, 1.165) is 29.9 Å². The van der Waals surface area contributed by atoms with Gasteiger partial charge in [-0.3, -0.25) is 14.4 Å². The summed E-state index contributed by atoms with van der Waals surface area (Å²) in [4.78, 5) is 42.6. The first-order valence-electron chi connectivity index (χ1n) is 11.3. The Bertz CT molecular complexity index is 978. The molecule has 1 aliphatic rings. The molecule has 0 unspecified atom stereocenters. The van der Waals surface area contributed by atoms with E-state index in [1.165, 1.54) is 4.90 Å². The summed E-state index contributed by atoms with van der Waals surface area (Å²) in [5.41, 5.74) is 3.59. The monoisotopic (exact) mass is 448 g/mol. The standard InChI is InChI=1S/C26H32N4O3/c1-4-14-30(25(32)5-2)19-24(31)27-22-10-12-23(13-11-22)28-15-17-29(18-16-28)26(33)21-8-6-20(3)7-9-21/h4,6-13H,1,5,14-19H2,2-3H3,(H,27,31). The molecule has 0 bridgehead atoms. The van der Waals surface area contributed by atoms with Crippen LogP contribution in [0.5, 0.6) is 0 Å². The molecule has 1 N–H and O–H groups in total. The molecule has 7 nitrogen and oxygen atoms in total. The summed E-state index contributed by atoms with van der Waals surface area (Å²) < 4.78 is 0. The molecule has 33 heavy (non-hydrogen) atoms. The number of rotatable bonds is 8. The van der Waals surface area contributed by atoms with Crippen molar-refractivity contribution in [3.05, 3.63) is 72.3 Å². The third-order valence-electron chi connectivity index (χ3n) is 5.72. The Morgan fingerprint density at radius 2 is 1.64 bits per heavy atom. The fraction of sp³-hybridized carbons (Fsp3) is 0.346. The predicted molar refractivity (Wildman–Crippen MR) is 131 cm³/mol. The van der Waals surface area contributed by atoms with Gasteiger partial charge in [-0.25, -0.2) is 0 Å². The van der Waals surface area contributed by atoms with Crippen molar-refractivity contribution >= 4 is 29.1 Å². The summed E-state index contributed by atoms with van der Waals surface area (Å²) in [5, 5.41) is 2.85. The van der Waals surface area contributed by atoms with Gasteiger partial charge in [0.1, 0.15) is 6.54 Å². The maximum Gasteiger partial charge on any atom is 0.253 e. The van der Waals surface area contributed by atoms with Gasteiger partial charge in [0.25, 0.3) is 5.91 Å². The Kier molecular flexibility index (Phi) is 8.24. The largest absolute Gasteiger partial charge is 0.368 e. The van der Waals surface area contributed by atoms with Crippen LogP contribution < -0.4 is 10.2 Å². The van der Waals surface area contributed by atoms with E-state index in [1.54, 1.807) is 13.0 Å². The number of carbonyl (C=O) groups is 3. The molecule has 0 spiro atoms. The van der Waals surface area contributed by atoms with Crippen molar-refractivity contribution in [1.29, 1.82) is 0 Å². The number of nitrogens with one attached hydrogen (secondary N) is 1. The van der Waals surface area contributed by atoms with Crippen LogP contribution in [0.1, 0.15) is 29.3 Å². The van der Waals surface area contributed by atoms with Crippen molar-refractivity contribution in [3.63, 3.8) is 0 Å². The summed E-state index contributed by atoms with van der Waals surface area (Å²) in [6.07, 6.45) is 1.96. The summed E-state index contributed by atoms with van der Waals surface area (Å²) in [6, 6.07) is 15.3. The van der Waals surface area contributed by atoms with Crippen LogP contribution in [0.4, 0.5) is 11.4 Å². The van der Waals surface area contributed by atoms with E-state index in [2.05, 4.69) is 16.8 Å². The molecule has 2 aromatic carbocycles. The molecule has 0 radical (unpaired) electrons.